The fourth-order valence-electron chi connectivity index (χ4n) is 1.75. The van der Waals surface area contributed by atoms with Gasteiger partial charge in [-0.25, -0.2) is 4.79 Å². The number of aromatic nitrogens is 4. The third-order valence-electron chi connectivity index (χ3n) is 3.06. The van der Waals surface area contributed by atoms with Gasteiger partial charge in [0, 0.05) is 14.1 Å². The fourth-order valence-corrected chi connectivity index (χ4v) is 1.93. The second-order valence-electron chi connectivity index (χ2n) is 4.35. The predicted octanol–water partition coefficient (Wildman–Crippen LogP) is 1.15. The summed E-state index contributed by atoms with van der Waals surface area (Å²) in [5, 5.41) is 10.7. The van der Waals surface area contributed by atoms with Crippen LogP contribution in [0.2, 0.25) is 5.15 Å². The van der Waals surface area contributed by atoms with E-state index in [-0.39, 0.29) is 22.1 Å². The van der Waals surface area contributed by atoms with E-state index in [9.17, 15) is 9.59 Å². The number of anilines is 1. The number of rotatable bonds is 3. The lowest BCUT2D eigenvalue weighted by atomic mass is 10.2. The Morgan fingerprint density at radius 3 is 2.52 bits per heavy atom. The highest BCUT2D eigenvalue weighted by Gasteiger charge is 2.24. The van der Waals surface area contributed by atoms with Crippen molar-refractivity contribution >= 4 is 29.2 Å². The van der Waals surface area contributed by atoms with Crippen molar-refractivity contribution in [1.82, 2.24) is 19.6 Å². The number of carbonyl (C=O) groups excluding carboxylic acids is 2. The molecule has 1 amide bonds. The van der Waals surface area contributed by atoms with Crippen LogP contribution in [-0.2, 0) is 18.8 Å². The first-order valence-electron chi connectivity index (χ1n) is 5.97. The van der Waals surface area contributed by atoms with E-state index < -0.39 is 11.9 Å². The highest BCUT2D eigenvalue weighted by molar-refractivity contribution is 6.33. The average Bonchev–Trinajstić information content (AvgIpc) is 2.93. The normalized spacial score (nSPS) is 10.5. The number of nitrogens with one attached hydrogen (secondary N) is 1. The van der Waals surface area contributed by atoms with Crippen molar-refractivity contribution in [2.75, 3.05) is 12.4 Å². The van der Waals surface area contributed by atoms with Gasteiger partial charge in [-0.1, -0.05) is 11.6 Å². The van der Waals surface area contributed by atoms with Gasteiger partial charge in [0.1, 0.15) is 5.15 Å². The lowest BCUT2D eigenvalue weighted by Gasteiger charge is -2.05. The first-order chi connectivity index (χ1) is 9.86. The van der Waals surface area contributed by atoms with Crippen molar-refractivity contribution in [3.8, 4) is 0 Å². The molecule has 9 heteroatoms. The maximum absolute atomic E-state index is 12.2. The second kappa shape index (κ2) is 5.57. The Kier molecular flexibility index (Phi) is 3.99. The molecule has 0 saturated heterocycles. The maximum atomic E-state index is 12.2. The number of methoxy groups -OCH3 is 1. The number of carbonyl (C=O) groups is 2. The van der Waals surface area contributed by atoms with E-state index in [2.05, 4.69) is 20.3 Å². The Morgan fingerprint density at radius 1 is 1.33 bits per heavy atom. The van der Waals surface area contributed by atoms with E-state index in [1.54, 1.807) is 21.0 Å². The van der Waals surface area contributed by atoms with Crippen LogP contribution in [0.1, 0.15) is 26.5 Å². The van der Waals surface area contributed by atoms with Crippen LogP contribution in [0, 0.1) is 6.92 Å². The molecule has 0 aliphatic heterocycles. The molecule has 0 atom stereocenters. The Bertz CT molecular complexity index is 719. The molecular weight excluding hydrogens is 298 g/mol. The molecule has 8 nitrogen and oxygen atoms in total. The van der Waals surface area contributed by atoms with Crippen molar-refractivity contribution in [3.63, 3.8) is 0 Å². The third kappa shape index (κ3) is 2.62. The summed E-state index contributed by atoms with van der Waals surface area (Å²) in [4.78, 5) is 23.9. The van der Waals surface area contributed by atoms with Crippen LogP contribution in [0.3, 0.4) is 0 Å². The van der Waals surface area contributed by atoms with Crippen LogP contribution in [0.15, 0.2) is 6.20 Å². The molecule has 0 aromatic carbocycles. The zero-order valence-electron chi connectivity index (χ0n) is 12.0. The molecule has 0 aliphatic carbocycles. The highest BCUT2D eigenvalue weighted by atomic mass is 35.5. The molecule has 0 bridgehead atoms. The molecule has 2 aromatic rings. The minimum Gasteiger partial charge on any atom is -0.464 e. The topological polar surface area (TPSA) is 91.0 Å². The number of hydrogen-bond acceptors (Lipinski definition) is 5. The molecule has 0 radical (unpaired) electrons. The second-order valence-corrected chi connectivity index (χ2v) is 4.71. The predicted molar refractivity (Wildman–Crippen MR) is 75.5 cm³/mol. The zero-order chi connectivity index (χ0) is 15.7. The Balaban J connectivity index is 2.37. The Labute approximate surface area is 125 Å². The molecule has 0 saturated carbocycles. The number of hydrogen-bond donors (Lipinski definition) is 1. The number of esters is 1. The molecule has 0 fully saturated rings. The molecular formula is C12H14ClN5O3. The summed E-state index contributed by atoms with van der Waals surface area (Å²) in [6.07, 6.45) is 1.35. The van der Waals surface area contributed by atoms with E-state index >= 15 is 0 Å². The van der Waals surface area contributed by atoms with Crippen molar-refractivity contribution in [3.05, 3.63) is 28.3 Å². The van der Waals surface area contributed by atoms with Crippen molar-refractivity contribution in [2.45, 2.75) is 6.92 Å². The number of aryl methyl sites for hydroxylation is 2. The summed E-state index contributed by atoms with van der Waals surface area (Å²) in [7, 11) is 4.53. The number of ether oxygens (including phenoxy) is 1. The molecule has 21 heavy (non-hydrogen) atoms. The minimum atomic E-state index is -0.633. The number of nitrogens with zero attached hydrogens (tertiary/aromatic N) is 4. The maximum Gasteiger partial charge on any atom is 0.360 e. The quantitative estimate of drug-likeness (QED) is 0.859. The van der Waals surface area contributed by atoms with E-state index in [4.69, 9.17) is 11.6 Å². The van der Waals surface area contributed by atoms with E-state index in [0.29, 0.717) is 5.69 Å². The highest BCUT2D eigenvalue weighted by Crippen LogP contribution is 2.22. The minimum absolute atomic E-state index is 0.0332. The molecule has 2 aromatic heterocycles. The molecule has 0 spiro atoms. The fraction of sp³-hybridized carbons (Fsp3) is 0.333. The van der Waals surface area contributed by atoms with E-state index in [0.717, 1.165) is 0 Å². The molecule has 0 aliphatic rings. The standard InChI is InChI=1S/C12H14ClN5O3/c1-6-8(9(12(20)21-4)16-17(6)2)15-11(19)7-5-14-18(3)10(7)13/h5H,1-4H3,(H,15,19). The van der Waals surface area contributed by atoms with Gasteiger partial charge in [0.05, 0.1) is 30.3 Å². The summed E-state index contributed by atoms with van der Waals surface area (Å²) in [6.45, 7) is 1.72. The third-order valence-corrected chi connectivity index (χ3v) is 3.51. The summed E-state index contributed by atoms with van der Waals surface area (Å²) in [5.41, 5.74) is 1.14. The van der Waals surface area contributed by atoms with Crippen LogP contribution in [0.25, 0.3) is 0 Å². The molecule has 1 N–H and O–H groups in total. The van der Waals surface area contributed by atoms with Gasteiger partial charge >= 0.3 is 5.97 Å². The van der Waals surface area contributed by atoms with Gasteiger partial charge in [-0.2, -0.15) is 10.2 Å². The first-order valence-corrected chi connectivity index (χ1v) is 6.35. The summed E-state index contributed by atoms with van der Waals surface area (Å²) in [6, 6.07) is 0. The monoisotopic (exact) mass is 311 g/mol. The van der Waals surface area contributed by atoms with Crippen LogP contribution in [-0.4, -0.2) is 38.5 Å². The van der Waals surface area contributed by atoms with Crippen molar-refractivity contribution in [2.24, 2.45) is 14.1 Å². The van der Waals surface area contributed by atoms with Crippen LogP contribution < -0.4 is 5.32 Å². The average molecular weight is 312 g/mol. The van der Waals surface area contributed by atoms with Crippen LogP contribution in [0.4, 0.5) is 5.69 Å². The zero-order valence-corrected chi connectivity index (χ0v) is 12.7. The van der Waals surface area contributed by atoms with Gasteiger partial charge in [0.2, 0.25) is 0 Å². The van der Waals surface area contributed by atoms with Crippen LogP contribution >= 0.6 is 11.6 Å². The van der Waals surface area contributed by atoms with Crippen molar-refractivity contribution < 1.29 is 14.3 Å². The van der Waals surface area contributed by atoms with Gasteiger partial charge in [0.15, 0.2) is 5.69 Å². The summed E-state index contributed by atoms with van der Waals surface area (Å²) >= 11 is 5.97. The van der Waals surface area contributed by atoms with Gasteiger partial charge in [0.25, 0.3) is 5.91 Å². The Hall–Kier alpha value is -2.35. The Morgan fingerprint density at radius 2 is 2.00 bits per heavy atom. The first kappa shape index (κ1) is 15.0. The van der Waals surface area contributed by atoms with Crippen LogP contribution in [0.5, 0.6) is 0 Å². The van der Waals surface area contributed by atoms with Gasteiger partial charge in [-0.05, 0) is 6.92 Å². The van der Waals surface area contributed by atoms with Crippen molar-refractivity contribution in [1.29, 1.82) is 0 Å². The van der Waals surface area contributed by atoms with E-state index in [1.807, 2.05) is 0 Å². The number of halogens is 1. The summed E-state index contributed by atoms with van der Waals surface area (Å²) < 4.78 is 7.50. The van der Waals surface area contributed by atoms with Gasteiger partial charge in [-0.3, -0.25) is 14.2 Å². The smallest absolute Gasteiger partial charge is 0.360 e. The lowest BCUT2D eigenvalue weighted by Crippen LogP contribution is -2.15. The molecule has 0 unspecified atom stereocenters. The van der Waals surface area contributed by atoms with Gasteiger partial charge in [-0.15, -0.1) is 0 Å². The van der Waals surface area contributed by atoms with E-state index in [1.165, 1.54) is 22.7 Å². The lowest BCUT2D eigenvalue weighted by molar-refractivity contribution is 0.0594. The largest absolute Gasteiger partial charge is 0.464 e. The molecule has 2 rings (SSSR count). The summed E-state index contributed by atoms with van der Waals surface area (Å²) in [5.74, 6) is -1.11. The van der Waals surface area contributed by atoms with Gasteiger partial charge < -0.3 is 10.1 Å². The molecule has 112 valence electrons. The number of amides is 1. The molecule has 2 heterocycles. The SMILES string of the molecule is COC(=O)c1nn(C)c(C)c1NC(=O)c1cnn(C)c1Cl.